The van der Waals surface area contributed by atoms with E-state index in [2.05, 4.69) is 5.32 Å². The molecule has 20 heavy (non-hydrogen) atoms. The number of benzene rings is 1. The average Bonchev–Trinajstić information content (AvgIpc) is 2.33. The van der Waals surface area contributed by atoms with Crippen LogP contribution in [0.4, 0.5) is 4.79 Å². The lowest BCUT2D eigenvalue weighted by Crippen LogP contribution is -2.35. The maximum absolute atomic E-state index is 11.8. The van der Waals surface area contributed by atoms with Gasteiger partial charge in [-0.25, -0.2) is 4.79 Å². The molecule has 0 saturated heterocycles. The van der Waals surface area contributed by atoms with Crippen LogP contribution in [0.25, 0.3) is 0 Å². The smallest absolute Gasteiger partial charge is 0.408 e. The monoisotopic (exact) mass is 280 g/mol. The molecule has 1 atom stereocenters. The summed E-state index contributed by atoms with van der Waals surface area (Å²) in [6.45, 7) is 5.08. The van der Waals surface area contributed by atoms with Crippen molar-refractivity contribution in [1.82, 2.24) is 5.32 Å². The topological polar surface area (TPSA) is 81.5 Å². The Hall–Kier alpha value is -2.11. The van der Waals surface area contributed by atoms with Crippen molar-refractivity contribution < 1.29 is 14.5 Å². The van der Waals surface area contributed by atoms with Gasteiger partial charge in [0.15, 0.2) is 0 Å². The molecule has 0 spiro atoms. The van der Waals surface area contributed by atoms with Crippen molar-refractivity contribution in [3.05, 3.63) is 46.0 Å². The van der Waals surface area contributed by atoms with Gasteiger partial charge in [0.25, 0.3) is 0 Å². The van der Waals surface area contributed by atoms with Crippen LogP contribution in [0.1, 0.15) is 38.8 Å². The number of rotatable bonds is 5. The third kappa shape index (κ3) is 6.17. The Bertz CT molecular complexity index is 454. The molecule has 1 unspecified atom stereocenters. The summed E-state index contributed by atoms with van der Waals surface area (Å²) in [6, 6.07) is 8.71. The molecule has 0 saturated carbocycles. The second-order valence-electron chi connectivity index (χ2n) is 5.45. The molecular weight excluding hydrogens is 260 g/mol. The molecule has 6 nitrogen and oxygen atoms in total. The Balaban J connectivity index is 2.73. The summed E-state index contributed by atoms with van der Waals surface area (Å²) in [6.07, 6.45) is -0.356. The first kappa shape index (κ1) is 15.9. The molecule has 1 amide bonds. The molecule has 1 aromatic carbocycles. The SMILES string of the molecule is CC(C)(C)OC(=O)NC(CC[N+](=O)[O-])c1ccccc1. The zero-order valence-electron chi connectivity index (χ0n) is 12.0. The minimum atomic E-state index is -0.603. The van der Waals surface area contributed by atoms with E-state index in [9.17, 15) is 14.9 Å². The fourth-order valence-electron chi connectivity index (χ4n) is 1.69. The van der Waals surface area contributed by atoms with Crippen LogP contribution in [-0.4, -0.2) is 23.2 Å². The van der Waals surface area contributed by atoms with Crippen molar-refractivity contribution in [1.29, 1.82) is 0 Å². The number of nitrogens with one attached hydrogen (secondary N) is 1. The van der Waals surface area contributed by atoms with Crippen LogP contribution in [0.3, 0.4) is 0 Å². The normalized spacial score (nSPS) is 12.6. The first-order chi connectivity index (χ1) is 9.28. The van der Waals surface area contributed by atoms with Gasteiger partial charge >= 0.3 is 6.09 Å². The van der Waals surface area contributed by atoms with E-state index in [0.29, 0.717) is 0 Å². The molecule has 0 aromatic heterocycles. The second kappa shape index (κ2) is 6.88. The lowest BCUT2D eigenvalue weighted by atomic mass is 10.0. The quantitative estimate of drug-likeness (QED) is 0.664. The van der Waals surface area contributed by atoms with Gasteiger partial charge < -0.3 is 10.1 Å². The molecule has 1 rings (SSSR count). The van der Waals surface area contributed by atoms with E-state index >= 15 is 0 Å². The van der Waals surface area contributed by atoms with Crippen molar-refractivity contribution in [3.8, 4) is 0 Å². The van der Waals surface area contributed by atoms with Crippen LogP contribution in [-0.2, 0) is 4.74 Å². The number of nitrogens with zero attached hydrogens (tertiary/aromatic N) is 1. The number of hydrogen-bond acceptors (Lipinski definition) is 4. The van der Waals surface area contributed by atoms with Crippen molar-refractivity contribution >= 4 is 6.09 Å². The van der Waals surface area contributed by atoms with Gasteiger partial charge in [-0.1, -0.05) is 30.3 Å². The lowest BCUT2D eigenvalue weighted by molar-refractivity contribution is -0.481. The standard InChI is InChI=1S/C14H20N2O4/c1-14(2,3)20-13(17)15-12(9-10-16(18)19)11-7-5-4-6-8-11/h4-8,12H,9-10H2,1-3H3,(H,15,17). The van der Waals surface area contributed by atoms with Gasteiger partial charge in [-0.15, -0.1) is 0 Å². The maximum Gasteiger partial charge on any atom is 0.408 e. The van der Waals surface area contributed by atoms with E-state index in [-0.39, 0.29) is 13.0 Å². The molecule has 0 bridgehead atoms. The third-order valence-electron chi connectivity index (χ3n) is 2.49. The van der Waals surface area contributed by atoms with Crippen LogP contribution >= 0.6 is 0 Å². The Kier molecular flexibility index (Phi) is 5.49. The number of nitro groups is 1. The molecular formula is C14H20N2O4. The van der Waals surface area contributed by atoms with Gasteiger partial charge in [-0.2, -0.15) is 0 Å². The summed E-state index contributed by atoms with van der Waals surface area (Å²) in [5, 5.41) is 13.2. The number of carbonyl (C=O) groups is 1. The van der Waals surface area contributed by atoms with Crippen molar-refractivity contribution in [3.63, 3.8) is 0 Å². The van der Waals surface area contributed by atoms with E-state index in [1.165, 1.54) is 0 Å². The van der Waals surface area contributed by atoms with E-state index in [4.69, 9.17) is 4.74 Å². The highest BCUT2D eigenvalue weighted by Gasteiger charge is 2.21. The highest BCUT2D eigenvalue weighted by Crippen LogP contribution is 2.17. The predicted octanol–water partition coefficient (Wildman–Crippen LogP) is 2.92. The van der Waals surface area contributed by atoms with Crippen LogP contribution in [0.2, 0.25) is 0 Å². The van der Waals surface area contributed by atoms with Crippen molar-refractivity contribution in [2.45, 2.75) is 38.8 Å². The third-order valence-corrected chi connectivity index (χ3v) is 2.49. The van der Waals surface area contributed by atoms with E-state index in [1.807, 2.05) is 30.3 Å². The van der Waals surface area contributed by atoms with Gasteiger partial charge in [-0.05, 0) is 26.3 Å². The summed E-state index contributed by atoms with van der Waals surface area (Å²) in [7, 11) is 0. The van der Waals surface area contributed by atoms with E-state index < -0.39 is 22.7 Å². The summed E-state index contributed by atoms with van der Waals surface area (Å²) < 4.78 is 5.18. The first-order valence-corrected chi connectivity index (χ1v) is 6.44. The number of ether oxygens (including phenoxy) is 1. The Morgan fingerprint density at radius 1 is 1.35 bits per heavy atom. The van der Waals surface area contributed by atoms with Crippen LogP contribution in [0.5, 0.6) is 0 Å². The Morgan fingerprint density at radius 3 is 2.45 bits per heavy atom. The molecule has 0 aliphatic carbocycles. The van der Waals surface area contributed by atoms with Gasteiger partial charge in [-0.3, -0.25) is 10.1 Å². The first-order valence-electron chi connectivity index (χ1n) is 6.44. The zero-order chi connectivity index (χ0) is 15.2. The lowest BCUT2D eigenvalue weighted by Gasteiger charge is -2.23. The molecule has 0 aliphatic heterocycles. The van der Waals surface area contributed by atoms with Gasteiger partial charge in [0.05, 0.1) is 6.04 Å². The summed E-state index contributed by atoms with van der Waals surface area (Å²) >= 11 is 0. The number of alkyl carbamates (subject to hydrolysis) is 1. The fourth-order valence-corrected chi connectivity index (χ4v) is 1.69. The number of carbonyl (C=O) groups excluding carboxylic acids is 1. The summed E-state index contributed by atoms with van der Waals surface area (Å²) in [5.74, 6) is 0. The van der Waals surface area contributed by atoms with Gasteiger partial charge in [0, 0.05) is 11.3 Å². The van der Waals surface area contributed by atoms with Crippen LogP contribution in [0, 0.1) is 10.1 Å². The molecule has 6 heteroatoms. The van der Waals surface area contributed by atoms with Gasteiger partial charge in [0.1, 0.15) is 5.60 Å². The van der Waals surface area contributed by atoms with Gasteiger partial charge in [0.2, 0.25) is 6.54 Å². The molecule has 0 heterocycles. The molecule has 0 radical (unpaired) electrons. The van der Waals surface area contributed by atoms with Crippen LogP contribution in [0.15, 0.2) is 30.3 Å². The van der Waals surface area contributed by atoms with E-state index in [0.717, 1.165) is 5.56 Å². The highest BCUT2D eigenvalue weighted by molar-refractivity contribution is 5.68. The largest absolute Gasteiger partial charge is 0.444 e. The number of hydrogen-bond donors (Lipinski definition) is 1. The predicted molar refractivity (Wildman–Crippen MR) is 75.0 cm³/mol. The van der Waals surface area contributed by atoms with Crippen molar-refractivity contribution in [2.24, 2.45) is 0 Å². The van der Waals surface area contributed by atoms with Crippen molar-refractivity contribution in [2.75, 3.05) is 6.54 Å². The molecule has 1 aromatic rings. The molecule has 110 valence electrons. The summed E-state index contributed by atoms with van der Waals surface area (Å²) in [4.78, 5) is 21.9. The molecule has 0 aliphatic rings. The fraction of sp³-hybridized carbons (Fsp3) is 0.500. The minimum absolute atomic E-state index is 0.213. The second-order valence-corrected chi connectivity index (χ2v) is 5.45. The summed E-state index contributed by atoms with van der Waals surface area (Å²) in [5.41, 5.74) is 0.217. The number of amides is 1. The zero-order valence-corrected chi connectivity index (χ0v) is 12.0. The molecule has 0 fully saturated rings. The van der Waals surface area contributed by atoms with Crippen LogP contribution < -0.4 is 5.32 Å². The molecule has 1 N–H and O–H groups in total. The Morgan fingerprint density at radius 2 is 1.95 bits per heavy atom. The van der Waals surface area contributed by atoms with E-state index in [1.54, 1.807) is 20.8 Å². The highest BCUT2D eigenvalue weighted by atomic mass is 16.6. The average molecular weight is 280 g/mol. The Labute approximate surface area is 118 Å². The minimum Gasteiger partial charge on any atom is -0.444 e. The maximum atomic E-state index is 11.8.